The average molecular weight is 459 g/mol. The van der Waals surface area contributed by atoms with Crippen LogP contribution in [0.2, 0.25) is 0 Å². The van der Waals surface area contributed by atoms with E-state index in [0.717, 1.165) is 10.5 Å². The lowest BCUT2D eigenvalue weighted by atomic mass is 10.0. The van der Waals surface area contributed by atoms with Crippen molar-refractivity contribution in [3.63, 3.8) is 0 Å². The topological polar surface area (TPSA) is 77.1 Å². The number of nitrogens with one attached hydrogen (secondary N) is 1. The zero-order valence-corrected chi connectivity index (χ0v) is 19.5. The van der Waals surface area contributed by atoms with Gasteiger partial charge in [0.1, 0.15) is 22.9 Å². The lowest BCUT2D eigenvalue weighted by molar-refractivity contribution is -0.120. The molecule has 0 unspecified atom stereocenters. The fourth-order valence-corrected chi connectivity index (χ4v) is 3.94. The highest BCUT2D eigenvalue weighted by molar-refractivity contribution is 6.46. The molecule has 2 amide bonds. The molecule has 7 nitrogen and oxygen atoms in total. The maximum atomic E-state index is 13.8. The number of imide groups is 1. The van der Waals surface area contributed by atoms with Crippen LogP contribution in [0.4, 0.5) is 11.4 Å². The van der Waals surface area contributed by atoms with Crippen LogP contribution < -0.4 is 24.4 Å². The van der Waals surface area contributed by atoms with Crippen LogP contribution in [0, 0.1) is 6.92 Å². The Morgan fingerprint density at radius 1 is 0.824 bits per heavy atom. The van der Waals surface area contributed by atoms with Crippen molar-refractivity contribution in [2.75, 3.05) is 31.0 Å². The molecule has 34 heavy (non-hydrogen) atoms. The van der Waals surface area contributed by atoms with Crippen LogP contribution in [-0.2, 0) is 9.59 Å². The number of hydrogen-bond acceptors (Lipinski definition) is 6. The third kappa shape index (κ3) is 4.08. The van der Waals surface area contributed by atoms with Gasteiger partial charge in [0.15, 0.2) is 0 Å². The molecule has 0 spiro atoms. The third-order valence-electron chi connectivity index (χ3n) is 5.48. The van der Waals surface area contributed by atoms with Gasteiger partial charge in [0, 0.05) is 5.56 Å². The van der Waals surface area contributed by atoms with Crippen molar-refractivity contribution in [3.8, 4) is 17.2 Å². The van der Waals surface area contributed by atoms with Crippen molar-refractivity contribution in [1.29, 1.82) is 0 Å². The first-order chi connectivity index (χ1) is 16.5. The summed E-state index contributed by atoms with van der Waals surface area (Å²) >= 11 is 0. The van der Waals surface area contributed by atoms with E-state index >= 15 is 0 Å². The van der Waals surface area contributed by atoms with Gasteiger partial charge in [-0.2, -0.15) is 0 Å². The molecule has 3 aromatic carbocycles. The first-order valence-corrected chi connectivity index (χ1v) is 10.9. The molecule has 0 saturated heterocycles. The Kier molecular flexibility index (Phi) is 6.54. The number of methoxy groups -OCH3 is 2. The van der Waals surface area contributed by atoms with Gasteiger partial charge >= 0.3 is 0 Å². The van der Waals surface area contributed by atoms with Crippen LogP contribution >= 0.6 is 0 Å². The highest BCUT2D eigenvalue weighted by atomic mass is 16.5. The van der Waals surface area contributed by atoms with Crippen molar-refractivity contribution in [2.45, 2.75) is 13.8 Å². The summed E-state index contributed by atoms with van der Waals surface area (Å²) in [6.45, 7) is 4.18. The average Bonchev–Trinajstić information content (AvgIpc) is 3.08. The fourth-order valence-electron chi connectivity index (χ4n) is 3.94. The number of para-hydroxylation sites is 3. The van der Waals surface area contributed by atoms with Crippen molar-refractivity contribution in [2.24, 2.45) is 0 Å². The number of nitrogens with zero attached hydrogens (tertiary/aromatic N) is 1. The van der Waals surface area contributed by atoms with Crippen LogP contribution in [0.3, 0.4) is 0 Å². The van der Waals surface area contributed by atoms with Crippen LogP contribution in [-0.4, -0.2) is 32.6 Å². The van der Waals surface area contributed by atoms with Crippen LogP contribution in [0.5, 0.6) is 17.2 Å². The Balaban J connectivity index is 1.90. The molecule has 3 aromatic rings. The van der Waals surface area contributed by atoms with Crippen molar-refractivity contribution in [1.82, 2.24) is 0 Å². The number of benzene rings is 3. The molecule has 1 N–H and O–H groups in total. The van der Waals surface area contributed by atoms with Crippen LogP contribution in [0.15, 0.2) is 72.4 Å². The maximum Gasteiger partial charge on any atom is 0.282 e. The van der Waals surface area contributed by atoms with Gasteiger partial charge < -0.3 is 19.5 Å². The second-order valence-corrected chi connectivity index (χ2v) is 7.63. The molecule has 4 rings (SSSR count). The molecular formula is C27H26N2O5. The predicted molar refractivity (Wildman–Crippen MR) is 131 cm³/mol. The lowest BCUT2D eigenvalue weighted by Crippen LogP contribution is -2.32. The Bertz CT molecular complexity index is 1280. The standard InChI is InChI=1S/C27H26N2O5/c1-5-34-23-13-9-7-11-20(23)29-26(30)24(18-10-6-8-12-21(18)32-3)25(27(29)31)28-19-16-17(2)14-15-22(19)33-4/h6-16,28H,5H2,1-4H3. The zero-order chi connectivity index (χ0) is 24.2. The number of amides is 2. The van der Waals surface area contributed by atoms with E-state index in [2.05, 4.69) is 5.32 Å². The van der Waals surface area contributed by atoms with E-state index in [0.29, 0.717) is 40.8 Å². The van der Waals surface area contributed by atoms with E-state index in [1.807, 2.05) is 38.1 Å². The second-order valence-electron chi connectivity index (χ2n) is 7.63. The van der Waals surface area contributed by atoms with Gasteiger partial charge in [-0.25, -0.2) is 4.90 Å². The molecule has 1 heterocycles. The predicted octanol–water partition coefficient (Wildman–Crippen LogP) is 4.81. The monoisotopic (exact) mass is 458 g/mol. The van der Waals surface area contributed by atoms with E-state index < -0.39 is 11.8 Å². The number of anilines is 2. The van der Waals surface area contributed by atoms with Crippen molar-refractivity contribution >= 4 is 28.8 Å². The Labute approximate surface area is 198 Å². The minimum atomic E-state index is -0.499. The first kappa shape index (κ1) is 22.9. The molecule has 0 atom stereocenters. The van der Waals surface area contributed by atoms with Gasteiger partial charge in [-0.05, 0) is 49.7 Å². The van der Waals surface area contributed by atoms with Gasteiger partial charge in [-0.15, -0.1) is 0 Å². The molecule has 0 saturated carbocycles. The van der Waals surface area contributed by atoms with E-state index in [-0.39, 0.29) is 11.3 Å². The number of carbonyl (C=O) groups excluding carboxylic acids is 2. The molecule has 0 fully saturated rings. The highest BCUT2D eigenvalue weighted by Crippen LogP contribution is 2.41. The summed E-state index contributed by atoms with van der Waals surface area (Å²) in [5.41, 5.74) is 2.76. The molecule has 174 valence electrons. The Morgan fingerprint density at radius 3 is 2.21 bits per heavy atom. The van der Waals surface area contributed by atoms with E-state index in [9.17, 15) is 9.59 Å². The summed E-state index contributed by atoms with van der Waals surface area (Å²) in [4.78, 5) is 28.8. The van der Waals surface area contributed by atoms with Crippen LogP contribution in [0.25, 0.3) is 5.57 Å². The van der Waals surface area contributed by atoms with Gasteiger partial charge in [0.05, 0.1) is 37.8 Å². The van der Waals surface area contributed by atoms with Gasteiger partial charge in [-0.3, -0.25) is 9.59 Å². The molecule has 0 bridgehead atoms. The SMILES string of the molecule is CCOc1ccccc1N1C(=O)C(Nc2cc(C)ccc2OC)=C(c2ccccc2OC)C1=O. The van der Waals surface area contributed by atoms with E-state index in [1.165, 1.54) is 7.11 Å². The number of ether oxygens (including phenoxy) is 3. The normalized spacial score (nSPS) is 13.4. The third-order valence-corrected chi connectivity index (χ3v) is 5.48. The molecule has 1 aliphatic heterocycles. The number of rotatable bonds is 8. The maximum absolute atomic E-state index is 13.8. The Morgan fingerprint density at radius 2 is 1.50 bits per heavy atom. The van der Waals surface area contributed by atoms with Gasteiger partial charge in [-0.1, -0.05) is 36.4 Å². The molecule has 0 radical (unpaired) electrons. The number of carbonyl (C=O) groups is 2. The minimum Gasteiger partial charge on any atom is -0.496 e. The molecule has 1 aliphatic rings. The number of hydrogen-bond donors (Lipinski definition) is 1. The van der Waals surface area contributed by atoms with E-state index in [1.54, 1.807) is 49.6 Å². The quantitative estimate of drug-likeness (QED) is 0.489. The Hall–Kier alpha value is -4.26. The second kappa shape index (κ2) is 9.70. The summed E-state index contributed by atoms with van der Waals surface area (Å²) in [6, 6.07) is 19.7. The zero-order valence-electron chi connectivity index (χ0n) is 19.5. The van der Waals surface area contributed by atoms with Gasteiger partial charge in [0.2, 0.25) is 0 Å². The smallest absolute Gasteiger partial charge is 0.282 e. The highest BCUT2D eigenvalue weighted by Gasteiger charge is 2.42. The summed E-state index contributed by atoms with van der Waals surface area (Å²) in [5.74, 6) is 0.498. The largest absolute Gasteiger partial charge is 0.496 e. The van der Waals surface area contributed by atoms with Crippen molar-refractivity contribution < 1.29 is 23.8 Å². The molecule has 0 aliphatic carbocycles. The van der Waals surface area contributed by atoms with Gasteiger partial charge in [0.25, 0.3) is 11.8 Å². The molecule has 7 heteroatoms. The lowest BCUT2D eigenvalue weighted by Gasteiger charge is -2.19. The van der Waals surface area contributed by atoms with Crippen LogP contribution in [0.1, 0.15) is 18.1 Å². The molecular weight excluding hydrogens is 432 g/mol. The van der Waals surface area contributed by atoms with Crippen molar-refractivity contribution in [3.05, 3.63) is 83.6 Å². The minimum absolute atomic E-state index is 0.129. The first-order valence-electron chi connectivity index (χ1n) is 10.9. The molecule has 0 aromatic heterocycles. The summed E-state index contributed by atoms with van der Waals surface area (Å²) in [6.07, 6.45) is 0. The summed E-state index contributed by atoms with van der Waals surface area (Å²) in [7, 11) is 3.08. The summed E-state index contributed by atoms with van der Waals surface area (Å²) in [5, 5.41) is 3.18. The number of aryl methyl sites for hydroxylation is 1. The summed E-state index contributed by atoms with van der Waals surface area (Å²) < 4.78 is 16.7. The fraction of sp³-hybridized carbons (Fsp3) is 0.185. The van der Waals surface area contributed by atoms with E-state index in [4.69, 9.17) is 14.2 Å².